The fraction of sp³-hybridized carbons (Fsp3) is 0.308. The molecule has 0 aliphatic rings. The number of nitrogens with zero attached hydrogens (tertiary/aromatic N) is 2. The number of pyridine rings is 1. The molecule has 0 N–H and O–H groups in total. The molecule has 18 heavy (non-hydrogen) atoms. The molecule has 2 aromatic rings. The lowest BCUT2D eigenvalue weighted by atomic mass is 9.86. The van der Waals surface area contributed by atoms with Gasteiger partial charge in [-0.05, 0) is 32.0 Å². The number of fused-ring (bicyclic) bond motifs is 1. The molecular formula is C13H14N2O3. The largest absolute Gasteiger partial charge is 0.468 e. The maximum absolute atomic E-state index is 12.3. The number of Topliss-reactive ketones (excluding diaryl/α,β-unsaturated/α-hetero) is 1. The van der Waals surface area contributed by atoms with Crippen molar-refractivity contribution < 1.29 is 14.3 Å². The molecule has 2 rings (SSSR count). The van der Waals surface area contributed by atoms with Crippen LogP contribution < -0.4 is 0 Å². The summed E-state index contributed by atoms with van der Waals surface area (Å²) in [5.74, 6) is -0.914. The first kappa shape index (κ1) is 12.3. The maximum atomic E-state index is 12.3. The van der Waals surface area contributed by atoms with Gasteiger partial charge in [-0.2, -0.15) is 5.10 Å². The predicted molar refractivity (Wildman–Crippen MR) is 65.3 cm³/mol. The van der Waals surface area contributed by atoms with E-state index in [4.69, 9.17) is 0 Å². The summed E-state index contributed by atoms with van der Waals surface area (Å²) in [6, 6.07) is 7.18. The molecule has 0 aliphatic heterocycles. The third-order valence-corrected chi connectivity index (χ3v) is 2.87. The summed E-state index contributed by atoms with van der Waals surface area (Å²) in [6.45, 7) is 3.07. The number of hydrogen-bond donors (Lipinski definition) is 0. The molecule has 0 atom stereocenters. The Bertz CT molecular complexity index is 580. The monoisotopic (exact) mass is 246 g/mol. The molecule has 5 heteroatoms. The molecular weight excluding hydrogens is 232 g/mol. The predicted octanol–water partition coefficient (Wildman–Crippen LogP) is 1.72. The zero-order valence-electron chi connectivity index (χ0n) is 10.5. The van der Waals surface area contributed by atoms with Crippen molar-refractivity contribution >= 4 is 17.3 Å². The highest BCUT2D eigenvalue weighted by molar-refractivity contribution is 6.11. The minimum atomic E-state index is -1.23. The van der Waals surface area contributed by atoms with Crippen LogP contribution in [0, 0.1) is 5.41 Å². The summed E-state index contributed by atoms with van der Waals surface area (Å²) < 4.78 is 6.24. The van der Waals surface area contributed by atoms with Crippen LogP contribution >= 0.6 is 0 Å². The molecule has 2 aromatic heterocycles. The van der Waals surface area contributed by atoms with Gasteiger partial charge in [0.1, 0.15) is 11.1 Å². The van der Waals surface area contributed by atoms with Gasteiger partial charge in [0.25, 0.3) is 0 Å². The van der Waals surface area contributed by atoms with E-state index in [1.165, 1.54) is 21.0 Å². The topological polar surface area (TPSA) is 60.7 Å². The van der Waals surface area contributed by atoms with Gasteiger partial charge >= 0.3 is 5.97 Å². The number of rotatable bonds is 3. The fourth-order valence-corrected chi connectivity index (χ4v) is 1.72. The molecule has 0 spiro atoms. The van der Waals surface area contributed by atoms with E-state index in [1.807, 2.05) is 18.2 Å². The Balaban J connectivity index is 2.42. The van der Waals surface area contributed by atoms with Gasteiger partial charge < -0.3 is 4.74 Å². The van der Waals surface area contributed by atoms with E-state index in [1.54, 1.807) is 16.8 Å². The van der Waals surface area contributed by atoms with Gasteiger partial charge in [0.15, 0.2) is 5.78 Å². The smallest absolute Gasteiger partial charge is 0.319 e. The molecule has 0 amide bonds. The zero-order chi connectivity index (χ0) is 13.3. The summed E-state index contributed by atoms with van der Waals surface area (Å²) in [4.78, 5) is 23.8. The van der Waals surface area contributed by atoms with Gasteiger partial charge in [0.2, 0.25) is 0 Å². The van der Waals surface area contributed by atoms with Crippen LogP contribution in [-0.2, 0) is 9.53 Å². The van der Waals surface area contributed by atoms with E-state index in [9.17, 15) is 9.59 Å². The van der Waals surface area contributed by atoms with Crippen LogP contribution in [0.15, 0.2) is 30.5 Å². The van der Waals surface area contributed by atoms with Gasteiger partial charge in [0, 0.05) is 6.20 Å². The number of hydrogen-bond acceptors (Lipinski definition) is 4. The average molecular weight is 246 g/mol. The molecule has 5 nitrogen and oxygen atoms in total. The van der Waals surface area contributed by atoms with Crippen LogP contribution in [0.25, 0.3) is 5.52 Å². The van der Waals surface area contributed by atoms with E-state index in [0.29, 0.717) is 0 Å². The Hall–Kier alpha value is -2.17. The van der Waals surface area contributed by atoms with Crippen molar-refractivity contribution in [2.45, 2.75) is 13.8 Å². The van der Waals surface area contributed by atoms with Crippen molar-refractivity contribution in [3.05, 3.63) is 36.2 Å². The minimum Gasteiger partial charge on any atom is -0.468 e. The Morgan fingerprint density at radius 2 is 2.06 bits per heavy atom. The van der Waals surface area contributed by atoms with Crippen molar-refractivity contribution in [2.75, 3.05) is 7.11 Å². The van der Waals surface area contributed by atoms with Gasteiger partial charge in [-0.1, -0.05) is 6.07 Å². The van der Waals surface area contributed by atoms with Crippen LogP contribution in [0.1, 0.15) is 24.3 Å². The van der Waals surface area contributed by atoms with Crippen LogP contribution in [0.2, 0.25) is 0 Å². The SMILES string of the molecule is COC(=O)C(C)(C)C(=O)c1cc2ccccn2n1. The zero-order valence-corrected chi connectivity index (χ0v) is 10.5. The first-order chi connectivity index (χ1) is 8.46. The second-order valence-electron chi connectivity index (χ2n) is 4.55. The Labute approximate surface area is 104 Å². The first-order valence-corrected chi connectivity index (χ1v) is 5.54. The van der Waals surface area contributed by atoms with Gasteiger partial charge in [-0.3, -0.25) is 9.59 Å². The molecule has 0 unspecified atom stereocenters. The Morgan fingerprint density at radius 1 is 1.33 bits per heavy atom. The third-order valence-electron chi connectivity index (χ3n) is 2.87. The quantitative estimate of drug-likeness (QED) is 0.470. The van der Waals surface area contributed by atoms with Crippen LogP contribution in [0.4, 0.5) is 0 Å². The summed E-state index contributed by atoms with van der Waals surface area (Å²) in [6.07, 6.45) is 1.75. The Kier molecular flexibility index (Phi) is 2.90. The molecule has 94 valence electrons. The number of carbonyl (C=O) groups is 2. The lowest BCUT2D eigenvalue weighted by Gasteiger charge is -2.18. The molecule has 0 bridgehead atoms. The van der Waals surface area contributed by atoms with Crippen LogP contribution in [-0.4, -0.2) is 28.5 Å². The van der Waals surface area contributed by atoms with E-state index in [-0.39, 0.29) is 11.5 Å². The van der Waals surface area contributed by atoms with Crippen LogP contribution in [0.5, 0.6) is 0 Å². The molecule has 0 saturated carbocycles. The van der Waals surface area contributed by atoms with Gasteiger partial charge in [-0.15, -0.1) is 0 Å². The van der Waals surface area contributed by atoms with Gasteiger partial charge in [0.05, 0.1) is 12.6 Å². The third kappa shape index (κ3) is 1.88. The van der Waals surface area contributed by atoms with Crippen molar-refractivity contribution in [3.8, 4) is 0 Å². The van der Waals surface area contributed by atoms with Crippen LogP contribution in [0.3, 0.4) is 0 Å². The Morgan fingerprint density at radius 3 is 2.67 bits per heavy atom. The van der Waals surface area contributed by atoms with E-state index in [2.05, 4.69) is 9.84 Å². The molecule has 0 aliphatic carbocycles. The summed E-state index contributed by atoms with van der Waals surface area (Å²) in [5.41, 5.74) is -0.162. The molecule has 0 fully saturated rings. The van der Waals surface area contributed by atoms with Crippen molar-refractivity contribution in [1.82, 2.24) is 9.61 Å². The number of aromatic nitrogens is 2. The summed E-state index contributed by atoms with van der Waals surface area (Å²) in [5, 5.41) is 4.15. The van der Waals surface area contributed by atoms with Crippen molar-refractivity contribution in [1.29, 1.82) is 0 Å². The molecule has 0 saturated heterocycles. The number of ketones is 1. The van der Waals surface area contributed by atoms with E-state index >= 15 is 0 Å². The minimum absolute atomic E-state index is 0.261. The lowest BCUT2D eigenvalue weighted by molar-refractivity contribution is -0.147. The molecule has 0 radical (unpaired) electrons. The lowest BCUT2D eigenvalue weighted by Crippen LogP contribution is -2.34. The standard InChI is InChI=1S/C13H14N2O3/c1-13(2,12(17)18-3)11(16)10-8-9-6-4-5-7-15(9)14-10/h4-8H,1-3H3. The second kappa shape index (κ2) is 4.25. The van der Waals surface area contributed by atoms with Gasteiger partial charge in [-0.25, -0.2) is 4.52 Å². The average Bonchev–Trinajstić information content (AvgIpc) is 2.80. The molecule has 2 heterocycles. The second-order valence-corrected chi connectivity index (χ2v) is 4.55. The normalized spacial score (nSPS) is 11.5. The summed E-state index contributed by atoms with van der Waals surface area (Å²) in [7, 11) is 1.26. The summed E-state index contributed by atoms with van der Waals surface area (Å²) >= 11 is 0. The first-order valence-electron chi connectivity index (χ1n) is 5.54. The van der Waals surface area contributed by atoms with E-state index in [0.717, 1.165) is 5.52 Å². The van der Waals surface area contributed by atoms with Crippen molar-refractivity contribution in [3.63, 3.8) is 0 Å². The fourth-order valence-electron chi connectivity index (χ4n) is 1.72. The molecule has 0 aromatic carbocycles. The number of ether oxygens (including phenoxy) is 1. The van der Waals surface area contributed by atoms with E-state index < -0.39 is 11.4 Å². The highest BCUT2D eigenvalue weighted by Crippen LogP contribution is 2.23. The highest BCUT2D eigenvalue weighted by atomic mass is 16.5. The maximum Gasteiger partial charge on any atom is 0.319 e. The number of esters is 1. The number of methoxy groups -OCH3 is 1. The van der Waals surface area contributed by atoms with Crippen molar-refractivity contribution in [2.24, 2.45) is 5.41 Å². The highest BCUT2D eigenvalue weighted by Gasteiger charge is 2.39. The number of carbonyl (C=O) groups excluding carboxylic acids is 2.